The van der Waals surface area contributed by atoms with Gasteiger partial charge >= 0.3 is 12.1 Å². The van der Waals surface area contributed by atoms with Gasteiger partial charge in [0.2, 0.25) is 0 Å². The molecule has 91 valence electrons. The Hall–Kier alpha value is -1.78. The van der Waals surface area contributed by atoms with E-state index in [9.17, 15) is 18.0 Å². The quantitative estimate of drug-likeness (QED) is 0.880. The number of aliphatic carboxylic acids is 1. The summed E-state index contributed by atoms with van der Waals surface area (Å²) in [5.41, 5.74) is -0.749. The van der Waals surface area contributed by atoms with E-state index in [1.165, 1.54) is 12.1 Å². The van der Waals surface area contributed by atoms with Crippen LogP contribution in [0.2, 0.25) is 0 Å². The fourth-order valence-electron chi connectivity index (χ4n) is 1.37. The van der Waals surface area contributed by atoms with Crippen LogP contribution in [0, 0.1) is 6.07 Å². The third-order valence-electron chi connectivity index (χ3n) is 2.19. The van der Waals surface area contributed by atoms with Crippen molar-refractivity contribution < 1.29 is 23.1 Å². The summed E-state index contributed by atoms with van der Waals surface area (Å²) >= 11 is 0. The Morgan fingerprint density at radius 1 is 1.41 bits per heavy atom. The Balaban J connectivity index is 2.98. The summed E-state index contributed by atoms with van der Waals surface area (Å²) < 4.78 is 37.9. The third kappa shape index (κ3) is 3.62. The first-order valence-electron chi connectivity index (χ1n) is 4.79. The normalized spacial score (nSPS) is 11.2. The van der Waals surface area contributed by atoms with Crippen LogP contribution in [0.1, 0.15) is 24.0 Å². The summed E-state index contributed by atoms with van der Waals surface area (Å²) in [7, 11) is 0. The van der Waals surface area contributed by atoms with Crippen LogP contribution >= 0.6 is 0 Å². The number of alkyl halides is 3. The molecule has 1 aromatic carbocycles. The van der Waals surface area contributed by atoms with Crippen molar-refractivity contribution >= 4 is 11.5 Å². The zero-order chi connectivity index (χ0) is 13.1. The second kappa shape index (κ2) is 5.03. The van der Waals surface area contributed by atoms with Crippen LogP contribution < -0.4 is 0 Å². The molecule has 0 heterocycles. The first-order chi connectivity index (χ1) is 7.82. The summed E-state index contributed by atoms with van der Waals surface area (Å²) in [5, 5.41) is 8.47. The van der Waals surface area contributed by atoms with Crippen LogP contribution in [-0.4, -0.2) is 11.1 Å². The molecule has 0 saturated heterocycles. The summed E-state index contributed by atoms with van der Waals surface area (Å²) in [6.07, 6.45) is -4.74. The number of benzene rings is 1. The molecule has 1 aromatic rings. The minimum absolute atomic E-state index is 0.0115. The van der Waals surface area contributed by atoms with Crippen LogP contribution in [0.5, 0.6) is 0 Å². The minimum Gasteiger partial charge on any atom is -0.481 e. The lowest BCUT2D eigenvalue weighted by atomic mass is 9.97. The van der Waals surface area contributed by atoms with Crippen molar-refractivity contribution in [2.24, 2.45) is 0 Å². The molecule has 17 heavy (non-hydrogen) atoms. The Bertz CT molecular complexity index is 436. The van der Waals surface area contributed by atoms with Crippen molar-refractivity contribution in [2.75, 3.05) is 0 Å². The van der Waals surface area contributed by atoms with Gasteiger partial charge in [0, 0.05) is 6.42 Å². The largest absolute Gasteiger partial charge is 0.481 e. The average Bonchev–Trinajstić information content (AvgIpc) is 2.24. The Morgan fingerprint density at radius 3 is 2.59 bits per heavy atom. The lowest BCUT2D eigenvalue weighted by molar-refractivity contribution is -0.138. The Kier molecular flexibility index (Phi) is 3.93. The Labute approximate surface area is 96.4 Å². The van der Waals surface area contributed by atoms with Crippen molar-refractivity contribution in [3.05, 3.63) is 42.0 Å². The van der Waals surface area contributed by atoms with Gasteiger partial charge < -0.3 is 5.11 Å². The lowest BCUT2D eigenvalue weighted by Gasteiger charge is -2.13. The predicted molar refractivity (Wildman–Crippen MR) is 56.2 cm³/mol. The van der Waals surface area contributed by atoms with E-state index in [0.717, 1.165) is 6.07 Å². The molecule has 0 saturated carbocycles. The molecule has 2 nitrogen and oxygen atoms in total. The third-order valence-corrected chi connectivity index (χ3v) is 2.19. The summed E-state index contributed by atoms with van der Waals surface area (Å²) in [5.74, 6) is -1.07. The van der Waals surface area contributed by atoms with E-state index in [1.807, 2.05) is 0 Å². The van der Waals surface area contributed by atoms with Crippen molar-refractivity contribution in [3.63, 3.8) is 0 Å². The topological polar surface area (TPSA) is 37.3 Å². The van der Waals surface area contributed by atoms with Gasteiger partial charge in [0.25, 0.3) is 0 Å². The molecular formula is C12H10F3O2. The fraction of sp³-hybridized carbons (Fsp3) is 0.250. The number of hydrogen-bond donors (Lipinski definition) is 1. The number of carbonyl (C=O) groups is 1. The van der Waals surface area contributed by atoms with E-state index in [0.29, 0.717) is 0 Å². The number of carboxylic acids is 1. The molecule has 0 aliphatic carbocycles. The molecule has 0 unspecified atom stereocenters. The van der Waals surface area contributed by atoms with Crippen LogP contribution in [0.15, 0.2) is 24.8 Å². The first-order valence-corrected chi connectivity index (χ1v) is 4.79. The van der Waals surface area contributed by atoms with E-state index in [-0.39, 0.29) is 24.0 Å². The molecule has 0 atom stereocenters. The molecule has 1 rings (SSSR count). The van der Waals surface area contributed by atoms with Gasteiger partial charge in [-0.25, -0.2) is 0 Å². The SMILES string of the molecule is C=C(CCC(=O)O)c1cc[c]cc1C(F)(F)F. The molecule has 0 aliphatic rings. The number of carboxylic acid groups (broad SMARTS) is 1. The van der Waals surface area contributed by atoms with Gasteiger partial charge in [-0.15, -0.1) is 0 Å². The van der Waals surface area contributed by atoms with E-state index >= 15 is 0 Å². The van der Waals surface area contributed by atoms with Gasteiger partial charge in [0.15, 0.2) is 0 Å². The van der Waals surface area contributed by atoms with Crippen molar-refractivity contribution in [1.82, 2.24) is 0 Å². The van der Waals surface area contributed by atoms with Crippen LogP contribution in [0.25, 0.3) is 5.57 Å². The average molecular weight is 243 g/mol. The monoisotopic (exact) mass is 243 g/mol. The first kappa shape index (κ1) is 13.3. The van der Waals surface area contributed by atoms with E-state index in [4.69, 9.17) is 5.11 Å². The molecule has 0 aromatic heterocycles. The maximum absolute atomic E-state index is 12.6. The number of halogens is 3. The standard InChI is InChI=1S/C12H10F3O2/c1-8(6-7-11(16)17)9-4-2-3-5-10(9)12(13,14)15/h2,4-5H,1,6-7H2,(H,16,17). The zero-order valence-electron chi connectivity index (χ0n) is 8.84. The van der Waals surface area contributed by atoms with Gasteiger partial charge in [-0.1, -0.05) is 18.7 Å². The maximum Gasteiger partial charge on any atom is 0.417 e. The van der Waals surface area contributed by atoms with Gasteiger partial charge in [-0.05, 0) is 29.7 Å². The van der Waals surface area contributed by atoms with Crippen LogP contribution in [0.3, 0.4) is 0 Å². The highest BCUT2D eigenvalue weighted by atomic mass is 19.4. The van der Waals surface area contributed by atoms with Crippen LogP contribution in [-0.2, 0) is 11.0 Å². The fourth-order valence-corrected chi connectivity index (χ4v) is 1.37. The van der Waals surface area contributed by atoms with Gasteiger partial charge in [0.05, 0.1) is 5.56 Å². The summed E-state index contributed by atoms with van der Waals surface area (Å²) in [4.78, 5) is 10.3. The van der Waals surface area contributed by atoms with E-state index in [1.54, 1.807) is 0 Å². The summed E-state index contributed by atoms with van der Waals surface area (Å²) in [6.45, 7) is 3.49. The minimum atomic E-state index is -4.49. The zero-order valence-corrected chi connectivity index (χ0v) is 8.84. The molecule has 5 heteroatoms. The van der Waals surface area contributed by atoms with Crippen LogP contribution in [0.4, 0.5) is 13.2 Å². The highest BCUT2D eigenvalue weighted by Crippen LogP contribution is 2.35. The molecule has 0 amide bonds. The predicted octanol–water partition coefficient (Wildman–Crippen LogP) is 3.38. The van der Waals surface area contributed by atoms with Crippen molar-refractivity contribution in [2.45, 2.75) is 19.0 Å². The molecule has 0 spiro atoms. The van der Waals surface area contributed by atoms with Gasteiger partial charge in [-0.3, -0.25) is 4.79 Å². The van der Waals surface area contributed by atoms with Gasteiger partial charge in [-0.2, -0.15) is 13.2 Å². The van der Waals surface area contributed by atoms with Crippen molar-refractivity contribution in [3.8, 4) is 0 Å². The molecule has 0 bridgehead atoms. The number of hydrogen-bond acceptors (Lipinski definition) is 1. The molecule has 1 N–H and O–H groups in total. The maximum atomic E-state index is 12.6. The van der Waals surface area contributed by atoms with Gasteiger partial charge in [0.1, 0.15) is 0 Å². The molecule has 1 radical (unpaired) electrons. The lowest BCUT2D eigenvalue weighted by Crippen LogP contribution is -2.08. The smallest absolute Gasteiger partial charge is 0.417 e. The number of rotatable bonds is 4. The second-order valence-corrected chi connectivity index (χ2v) is 3.47. The second-order valence-electron chi connectivity index (χ2n) is 3.47. The number of allylic oxidation sites excluding steroid dienone is 1. The van der Waals surface area contributed by atoms with E-state index in [2.05, 4.69) is 12.6 Å². The Morgan fingerprint density at radius 2 is 2.06 bits per heavy atom. The van der Waals surface area contributed by atoms with Crippen molar-refractivity contribution in [1.29, 1.82) is 0 Å². The highest BCUT2D eigenvalue weighted by molar-refractivity contribution is 5.73. The molecule has 0 aliphatic heterocycles. The molecule has 0 fully saturated rings. The highest BCUT2D eigenvalue weighted by Gasteiger charge is 2.33. The van der Waals surface area contributed by atoms with E-state index < -0.39 is 17.7 Å². The summed E-state index contributed by atoms with van der Waals surface area (Å²) in [6, 6.07) is 5.77. The molecular weight excluding hydrogens is 233 g/mol.